The number of rotatable bonds is 4. The summed E-state index contributed by atoms with van der Waals surface area (Å²) in [6, 6.07) is 8.76. The molecule has 4 atom stereocenters. The summed E-state index contributed by atoms with van der Waals surface area (Å²) in [5, 5.41) is 3.70. The molecular weight excluding hydrogens is 246 g/mol. The molecule has 2 bridgehead atoms. The van der Waals surface area contributed by atoms with Crippen molar-refractivity contribution in [1.82, 2.24) is 5.32 Å². The molecule has 0 aromatic heterocycles. The number of hydrogen-bond acceptors (Lipinski definition) is 2. The van der Waals surface area contributed by atoms with Crippen molar-refractivity contribution >= 4 is 0 Å². The monoisotopic (exact) mass is 271 g/mol. The van der Waals surface area contributed by atoms with E-state index in [0.29, 0.717) is 0 Å². The van der Waals surface area contributed by atoms with Crippen molar-refractivity contribution in [2.45, 2.75) is 38.2 Å². The zero-order valence-corrected chi connectivity index (χ0v) is 12.2. The van der Waals surface area contributed by atoms with Gasteiger partial charge in [-0.1, -0.05) is 30.7 Å². The third-order valence-electron chi connectivity index (χ3n) is 5.71. The Morgan fingerprint density at radius 3 is 2.90 bits per heavy atom. The van der Waals surface area contributed by atoms with Gasteiger partial charge >= 0.3 is 0 Å². The van der Waals surface area contributed by atoms with E-state index in [9.17, 15) is 0 Å². The van der Waals surface area contributed by atoms with Crippen molar-refractivity contribution in [2.24, 2.45) is 17.8 Å². The molecule has 2 aliphatic carbocycles. The third-order valence-corrected chi connectivity index (χ3v) is 5.71. The quantitative estimate of drug-likeness (QED) is 0.907. The van der Waals surface area contributed by atoms with Gasteiger partial charge in [-0.15, -0.1) is 0 Å². The molecule has 1 N–H and O–H groups in total. The molecule has 1 aromatic rings. The zero-order valence-electron chi connectivity index (χ0n) is 12.2. The summed E-state index contributed by atoms with van der Waals surface area (Å²) in [6.45, 7) is 3.05. The van der Waals surface area contributed by atoms with Crippen molar-refractivity contribution < 1.29 is 4.74 Å². The number of fused-ring (bicyclic) bond motifs is 3. The summed E-state index contributed by atoms with van der Waals surface area (Å²) in [4.78, 5) is 0. The number of nitrogens with one attached hydrogen (secondary N) is 1. The molecule has 1 aliphatic heterocycles. The van der Waals surface area contributed by atoms with Crippen LogP contribution >= 0.6 is 0 Å². The first-order valence-corrected chi connectivity index (χ1v) is 8.30. The second-order valence-corrected chi connectivity index (χ2v) is 6.90. The third kappa shape index (κ3) is 2.40. The number of hydrogen-bond donors (Lipinski definition) is 1. The number of benzene rings is 1. The van der Waals surface area contributed by atoms with Gasteiger partial charge in [-0.2, -0.15) is 0 Å². The SMILES string of the molecule is c1ccc2c(c1)CCOC2CNCC1CC2CCC1C2. The van der Waals surface area contributed by atoms with E-state index in [0.717, 1.165) is 37.3 Å². The standard InChI is InChI=1S/C18H25NO/c1-2-4-17-14(3-1)7-8-20-18(17)12-19-11-16-10-13-5-6-15(16)9-13/h1-4,13,15-16,18-19H,5-12H2. The summed E-state index contributed by atoms with van der Waals surface area (Å²) < 4.78 is 5.97. The zero-order chi connectivity index (χ0) is 13.4. The van der Waals surface area contributed by atoms with Crippen LogP contribution in [-0.4, -0.2) is 19.7 Å². The minimum absolute atomic E-state index is 0.263. The van der Waals surface area contributed by atoms with Gasteiger partial charge in [-0.25, -0.2) is 0 Å². The fraction of sp³-hybridized carbons (Fsp3) is 0.667. The van der Waals surface area contributed by atoms with E-state index >= 15 is 0 Å². The summed E-state index contributed by atoms with van der Waals surface area (Å²) in [5.74, 6) is 3.01. The van der Waals surface area contributed by atoms with Gasteiger partial charge in [-0.3, -0.25) is 0 Å². The van der Waals surface area contributed by atoms with Crippen molar-refractivity contribution in [3.05, 3.63) is 35.4 Å². The fourth-order valence-corrected chi connectivity index (χ4v) is 4.67. The lowest BCUT2D eigenvalue weighted by Gasteiger charge is -2.28. The van der Waals surface area contributed by atoms with Gasteiger partial charge in [0.25, 0.3) is 0 Å². The predicted molar refractivity (Wildman–Crippen MR) is 80.6 cm³/mol. The van der Waals surface area contributed by atoms with Gasteiger partial charge in [0, 0.05) is 6.54 Å². The van der Waals surface area contributed by atoms with Crippen LogP contribution in [-0.2, 0) is 11.2 Å². The molecule has 1 aromatic carbocycles. The maximum atomic E-state index is 5.97. The highest BCUT2D eigenvalue weighted by Crippen LogP contribution is 2.47. The van der Waals surface area contributed by atoms with E-state index in [1.165, 1.54) is 43.4 Å². The molecular formula is C18H25NO. The molecule has 2 heteroatoms. The lowest BCUT2D eigenvalue weighted by Crippen LogP contribution is -2.32. The van der Waals surface area contributed by atoms with Crippen molar-refractivity contribution in [2.75, 3.05) is 19.7 Å². The first-order valence-electron chi connectivity index (χ1n) is 8.30. The summed E-state index contributed by atoms with van der Waals surface area (Å²) in [7, 11) is 0. The Hall–Kier alpha value is -0.860. The fourth-order valence-electron chi connectivity index (χ4n) is 4.67. The van der Waals surface area contributed by atoms with E-state index < -0.39 is 0 Å². The predicted octanol–water partition coefficient (Wildman–Crippen LogP) is 3.33. The van der Waals surface area contributed by atoms with Crippen LogP contribution < -0.4 is 5.32 Å². The van der Waals surface area contributed by atoms with Crippen molar-refractivity contribution in [3.63, 3.8) is 0 Å². The summed E-state index contributed by atoms with van der Waals surface area (Å²) in [6.07, 6.45) is 7.30. The van der Waals surface area contributed by atoms with E-state index in [1.807, 2.05) is 0 Å². The molecule has 0 spiro atoms. The smallest absolute Gasteiger partial charge is 0.0952 e. The highest BCUT2D eigenvalue weighted by atomic mass is 16.5. The first-order chi connectivity index (χ1) is 9.90. The molecule has 2 saturated carbocycles. The molecule has 0 radical (unpaired) electrons. The minimum atomic E-state index is 0.263. The van der Waals surface area contributed by atoms with Crippen LogP contribution in [0.3, 0.4) is 0 Å². The van der Waals surface area contributed by atoms with Crippen LogP contribution in [0, 0.1) is 17.8 Å². The molecule has 4 unspecified atom stereocenters. The summed E-state index contributed by atoms with van der Waals surface area (Å²) in [5.41, 5.74) is 2.88. The van der Waals surface area contributed by atoms with Gasteiger partial charge in [0.15, 0.2) is 0 Å². The Kier molecular flexibility index (Phi) is 3.53. The second-order valence-electron chi connectivity index (χ2n) is 6.90. The lowest BCUT2D eigenvalue weighted by atomic mass is 9.89. The van der Waals surface area contributed by atoms with Gasteiger partial charge in [-0.05, 0) is 61.1 Å². The Balaban J connectivity index is 1.32. The molecule has 0 saturated heterocycles. The average Bonchev–Trinajstić information content (AvgIpc) is 3.10. The molecule has 2 nitrogen and oxygen atoms in total. The molecule has 20 heavy (non-hydrogen) atoms. The minimum Gasteiger partial charge on any atom is -0.372 e. The Morgan fingerprint density at radius 1 is 1.10 bits per heavy atom. The average molecular weight is 271 g/mol. The van der Waals surface area contributed by atoms with Crippen molar-refractivity contribution in [1.29, 1.82) is 0 Å². The Bertz CT molecular complexity index is 472. The maximum absolute atomic E-state index is 5.97. The van der Waals surface area contributed by atoms with E-state index in [4.69, 9.17) is 4.74 Å². The van der Waals surface area contributed by atoms with Gasteiger partial charge in [0.2, 0.25) is 0 Å². The second kappa shape index (κ2) is 5.50. The van der Waals surface area contributed by atoms with Gasteiger partial charge in [0.05, 0.1) is 12.7 Å². The van der Waals surface area contributed by atoms with Gasteiger partial charge < -0.3 is 10.1 Å². The number of ether oxygens (including phenoxy) is 1. The van der Waals surface area contributed by atoms with Crippen LogP contribution in [0.5, 0.6) is 0 Å². The largest absolute Gasteiger partial charge is 0.372 e. The molecule has 1 heterocycles. The maximum Gasteiger partial charge on any atom is 0.0952 e. The molecule has 2 fully saturated rings. The van der Waals surface area contributed by atoms with E-state index in [1.54, 1.807) is 0 Å². The van der Waals surface area contributed by atoms with E-state index in [2.05, 4.69) is 29.6 Å². The van der Waals surface area contributed by atoms with Crippen LogP contribution in [0.15, 0.2) is 24.3 Å². The van der Waals surface area contributed by atoms with Crippen LogP contribution in [0.2, 0.25) is 0 Å². The molecule has 108 valence electrons. The highest BCUT2D eigenvalue weighted by Gasteiger charge is 2.39. The van der Waals surface area contributed by atoms with Crippen molar-refractivity contribution in [3.8, 4) is 0 Å². The Morgan fingerprint density at radius 2 is 2.05 bits per heavy atom. The van der Waals surface area contributed by atoms with Crippen LogP contribution in [0.4, 0.5) is 0 Å². The lowest BCUT2D eigenvalue weighted by molar-refractivity contribution is 0.0415. The highest BCUT2D eigenvalue weighted by molar-refractivity contribution is 5.31. The molecule has 4 rings (SSSR count). The van der Waals surface area contributed by atoms with E-state index in [-0.39, 0.29) is 6.10 Å². The first kappa shape index (κ1) is 12.8. The normalized spacial score (nSPS) is 35.2. The molecule has 3 aliphatic rings. The Labute approximate surface area is 121 Å². The van der Waals surface area contributed by atoms with Gasteiger partial charge in [0.1, 0.15) is 0 Å². The van der Waals surface area contributed by atoms with Crippen LogP contribution in [0.1, 0.15) is 42.9 Å². The van der Waals surface area contributed by atoms with Crippen LogP contribution in [0.25, 0.3) is 0 Å². The molecule has 0 amide bonds. The topological polar surface area (TPSA) is 21.3 Å². The summed E-state index contributed by atoms with van der Waals surface area (Å²) >= 11 is 0.